The Hall–Kier alpha value is 0.344. The van der Waals surface area contributed by atoms with Gasteiger partial charge in [0.1, 0.15) is 0 Å². The fourth-order valence-corrected chi connectivity index (χ4v) is 0. The van der Waals surface area contributed by atoms with E-state index in [0.29, 0.717) is 32.7 Å². The summed E-state index contributed by atoms with van der Waals surface area (Å²) in [6.07, 6.45) is 0. The zero-order chi connectivity index (χ0) is 19.8. The van der Waals surface area contributed by atoms with Crippen molar-refractivity contribution in [1.29, 1.82) is 0 Å². The summed E-state index contributed by atoms with van der Waals surface area (Å²) in [5.41, 5.74) is 28.7. The maximum atomic E-state index is 7.75. The minimum Gasteiger partial charge on any atom is -0.395 e. The van der Waals surface area contributed by atoms with Gasteiger partial charge in [-0.25, -0.2) is 0 Å². The van der Waals surface area contributed by atoms with E-state index in [1.165, 1.54) is 0 Å². The van der Waals surface area contributed by atoms with Crippen molar-refractivity contribution in [3.63, 3.8) is 0 Å². The largest absolute Gasteiger partial charge is 0.395 e. The molecule has 0 atom stereocenters. The predicted molar refractivity (Wildman–Crippen MR) is 103 cm³/mol. The van der Waals surface area contributed by atoms with E-state index in [1.807, 2.05) is 6.92 Å². The third kappa shape index (κ3) is 426. The Labute approximate surface area is 168 Å². The van der Waals surface area contributed by atoms with Gasteiger partial charge in [0, 0.05) is 49.2 Å². The Kier molecular flexibility index (Phi) is 206. The zero-order valence-electron chi connectivity index (χ0n) is 15.2. The van der Waals surface area contributed by atoms with Gasteiger partial charge in [0.15, 0.2) is 0 Å². The van der Waals surface area contributed by atoms with E-state index in [9.17, 15) is 0 Å². The number of hydrogen-bond acceptors (Lipinski definition) is 11. The smallest absolute Gasteiger partial charge is 0.0553 e. The summed E-state index contributed by atoms with van der Waals surface area (Å²) in [5.74, 6) is 0. The van der Waals surface area contributed by atoms with Gasteiger partial charge in [-0.2, -0.15) is 0 Å². The molecule has 0 saturated carbocycles. The molecule has 0 unspecified atom stereocenters. The average molecular weight is 446 g/mol. The molecule has 0 amide bonds. The van der Waals surface area contributed by atoms with Crippen LogP contribution in [-0.2, 0) is 16.5 Å². The first kappa shape index (κ1) is 49.9. The van der Waals surface area contributed by atoms with Gasteiger partial charge in [-0.1, -0.05) is 6.92 Å². The van der Waals surface area contributed by atoms with E-state index in [4.69, 9.17) is 59.9 Å². The monoisotopic (exact) mass is 444 g/mol. The summed E-state index contributed by atoms with van der Waals surface area (Å²) in [4.78, 5) is 0. The molecule has 17 N–H and O–H groups in total. The second-order valence-corrected chi connectivity index (χ2v) is 2.97. The van der Waals surface area contributed by atoms with Crippen LogP contribution in [0.15, 0.2) is 0 Å². The van der Waals surface area contributed by atoms with Crippen molar-refractivity contribution in [3.05, 3.63) is 0 Å². The summed E-state index contributed by atoms with van der Waals surface area (Å²) in [7, 11) is 0. The molecular weight excluding hydrogens is 402 g/mol. The molecule has 25 heavy (non-hydrogen) atoms. The van der Waals surface area contributed by atoms with E-state index in [-0.39, 0.29) is 61.9 Å². The molecule has 0 spiro atoms. The quantitative estimate of drug-likeness (QED) is 0.179. The Morgan fingerprint density at radius 1 is 0.480 bits per heavy atom. The molecule has 0 aliphatic carbocycles. The molecule has 0 aromatic rings. The SMILES string of the molecule is CCN.Cl.NCCO.NCCO.NCCO.NCCO.NCCO.[Ni]. The predicted octanol–water partition coefficient (Wildman–Crippen LogP) is -4.93. The molecule has 0 radical (unpaired) electrons. The van der Waals surface area contributed by atoms with Crippen molar-refractivity contribution in [3.8, 4) is 0 Å². The van der Waals surface area contributed by atoms with Crippen LogP contribution in [0.25, 0.3) is 0 Å². The number of hydrogen-bond donors (Lipinski definition) is 11. The van der Waals surface area contributed by atoms with E-state index in [0.717, 1.165) is 6.54 Å². The molecule has 0 heterocycles. The Bertz CT molecular complexity index is 88.8. The molecule has 0 saturated heterocycles. The first-order valence-corrected chi connectivity index (χ1v) is 7.24. The number of aliphatic hydroxyl groups is 5. The van der Waals surface area contributed by atoms with E-state index in [2.05, 4.69) is 0 Å². The maximum Gasteiger partial charge on any atom is 0.0553 e. The normalized spacial score (nSPS) is 6.72. The summed E-state index contributed by atoms with van der Waals surface area (Å²) in [6.45, 7) is 5.01. The zero-order valence-corrected chi connectivity index (χ0v) is 17.0. The van der Waals surface area contributed by atoms with E-state index < -0.39 is 0 Å². The fourth-order valence-electron chi connectivity index (χ4n) is 0. The topological polar surface area (TPSA) is 257 Å². The van der Waals surface area contributed by atoms with Crippen LogP contribution in [-0.4, -0.2) is 97.8 Å². The summed E-state index contributed by atoms with van der Waals surface area (Å²) in [5, 5.41) is 38.8. The first-order valence-electron chi connectivity index (χ1n) is 7.24. The summed E-state index contributed by atoms with van der Waals surface area (Å²) < 4.78 is 0. The van der Waals surface area contributed by atoms with Gasteiger partial charge in [-0.05, 0) is 6.54 Å². The molecule has 0 aromatic heterocycles. The standard InChI is InChI=1S/5C2H7NO.C2H7N.ClH.Ni/c5*3-1-2-4;1-2-3;;/h5*4H,1-3H2;2-3H2,1H3;1H;. The number of rotatable bonds is 5. The third-order valence-electron chi connectivity index (χ3n) is 0.645. The van der Waals surface area contributed by atoms with Crippen LogP contribution in [0.2, 0.25) is 0 Å². The van der Waals surface area contributed by atoms with Gasteiger partial charge in [0.25, 0.3) is 0 Å². The van der Waals surface area contributed by atoms with Crippen LogP contribution >= 0.6 is 12.4 Å². The third-order valence-corrected chi connectivity index (χ3v) is 0.645. The molecule has 0 fully saturated rings. The van der Waals surface area contributed by atoms with Gasteiger partial charge in [-0.3, -0.25) is 0 Å². The fraction of sp³-hybridized carbons (Fsp3) is 1.00. The summed E-state index contributed by atoms with van der Waals surface area (Å²) >= 11 is 0. The Morgan fingerprint density at radius 3 is 0.520 bits per heavy atom. The molecule has 11 nitrogen and oxygen atoms in total. The van der Waals surface area contributed by atoms with Crippen molar-refractivity contribution in [2.24, 2.45) is 34.4 Å². The average Bonchev–Trinajstić information content (AvgIpc) is 2.62. The van der Waals surface area contributed by atoms with Gasteiger partial charge in [-0.15, -0.1) is 12.4 Å². The van der Waals surface area contributed by atoms with Crippen LogP contribution in [0.3, 0.4) is 0 Å². The molecule has 0 aromatic carbocycles. The molecule has 168 valence electrons. The minimum atomic E-state index is 0. The number of halogens is 1. The second-order valence-electron chi connectivity index (χ2n) is 2.97. The number of aliphatic hydroxyl groups excluding tert-OH is 5. The van der Waals surface area contributed by atoms with Crippen LogP contribution in [0.5, 0.6) is 0 Å². The molecule has 0 aliphatic heterocycles. The van der Waals surface area contributed by atoms with Crippen molar-refractivity contribution in [2.75, 3.05) is 72.3 Å². The minimum absolute atomic E-state index is 0. The van der Waals surface area contributed by atoms with Crippen LogP contribution in [0.4, 0.5) is 0 Å². The maximum absolute atomic E-state index is 7.75. The van der Waals surface area contributed by atoms with Crippen molar-refractivity contribution in [2.45, 2.75) is 6.92 Å². The van der Waals surface area contributed by atoms with Crippen molar-refractivity contribution < 1.29 is 42.0 Å². The Morgan fingerprint density at radius 2 is 0.520 bits per heavy atom. The van der Waals surface area contributed by atoms with Crippen LogP contribution < -0.4 is 34.4 Å². The van der Waals surface area contributed by atoms with Gasteiger partial charge >= 0.3 is 0 Å². The number of nitrogens with two attached hydrogens (primary N) is 6. The van der Waals surface area contributed by atoms with Crippen LogP contribution in [0, 0.1) is 0 Å². The van der Waals surface area contributed by atoms with Crippen LogP contribution in [0.1, 0.15) is 6.92 Å². The van der Waals surface area contributed by atoms with E-state index >= 15 is 0 Å². The molecule has 0 bridgehead atoms. The molecule has 0 aliphatic rings. The van der Waals surface area contributed by atoms with Crippen molar-refractivity contribution in [1.82, 2.24) is 0 Å². The van der Waals surface area contributed by atoms with Gasteiger partial charge < -0.3 is 59.9 Å². The molecule has 0 rings (SSSR count). The molecular formula is C12H43ClN6NiO5. The van der Waals surface area contributed by atoms with Gasteiger partial charge in [0.05, 0.1) is 33.0 Å². The summed E-state index contributed by atoms with van der Waals surface area (Å²) in [6, 6.07) is 0. The first-order chi connectivity index (χ1) is 11.0. The van der Waals surface area contributed by atoms with Crippen molar-refractivity contribution >= 4 is 12.4 Å². The second kappa shape index (κ2) is 103. The molecule has 13 heteroatoms. The Balaban J connectivity index is -0.0000000228. The van der Waals surface area contributed by atoms with E-state index in [1.54, 1.807) is 0 Å². The van der Waals surface area contributed by atoms with Gasteiger partial charge in [0.2, 0.25) is 0 Å².